The largest absolute Gasteiger partial charge is 0.462 e. The lowest BCUT2D eigenvalue weighted by Gasteiger charge is -2.04. The summed E-state index contributed by atoms with van der Waals surface area (Å²) in [5.74, 6) is 0.00558. The zero-order valence-corrected chi connectivity index (χ0v) is 9.61. The van der Waals surface area contributed by atoms with Gasteiger partial charge in [0.1, 0.15) is 5.82 Å². The van der Waals surface area contributed by atoms with Crippen molar-refractivity contribution in [3.05, 3.63) is 23.9 Å². The number of carbonyl (C=O) groups excluding carboxylic acids is 1. The molecule has 0 spiro atoms. The van der Waals surface area contributed by atoms with Gasteiger partial charge < -0.3 is 10.5 Å². The van der Waals surface area contributed by atoms with Gasteiger partial charge in [0.15, 0.2) is 0 Å². The summed E-state index contributed by atoms with van der Waals surface area (Å²) in [4.78, 5) is 15.3. The summed E-state index contributed by atoms with van der Waals surface area (Å²) in [6.45, 7) is 2.62. The normalized spacial score (nSPS) is 10.1. The van der Waals surface area contributed by atoms with Gasteiger partial charge in [-0.15, -0.1) is 0 Å². The van der Waals surface area contributed by atoms with E-state index in [-0.39, 0.29) is 5.97 Å². The minimum Gasteiger partial charge on any atom is -0.462 e. The smallest absolute Gasteiger partial charge is 0.338 e. The molecule has 0 unspecified atom stereocenters. The number of nitrogens with zero attached hydrogens (tertiary/aromatic N) is 1. The van der Waals surface area contributed by atoms with E-state index in [1.807, 2.05) is 0 Å². The summed E-state index contributed by atoms with van der Waals surface area (Å²) in [7, 11) is 0. The molecule has 16 heavy (non-hydrogen) atoms. The molecule has 0 fully saturated rings. The molecule has 0 saturated carbocycles. The molecule has 0 saturated heterocycles. The van der Waals surface area contributed by atoms with Crippen LogP contribution in [0.3, 0.4) is 0 Å². The van der Waals surface area contributed by atoms with Gasteiger partial charge in [-0.25, -0.2) is 9.78 Å². The molecule has 1 heterocycles. The molecule has 1 rings (SSSR count). The molecule has 4 nitrogen and oxygen atoms in total. The van der Waals surface area contributed by atoms with E-state index >= 15 is 0 Å². The molecule has 88 valence electrons. The van der Waals surface area contributed by atoms with Crippen molar-refractivity contribution in [2.45, 2.75) is 32.6 Å². The molecule has 0 radical (unpaired) electrons. The number of esters is 1. The highest BCUT2D eigenvalue weighted by Gasteiger charge is 2.06. The maximum atomic E-state index is 11.5. The standard InChI is InChI=1S/C12H18N2O2/c1-2-3-4-5-8-16-12(15)10-6-7-14-11(13)9-10/h6-7,9H,2-5,8H2,1H3,(H2,13,14). The molecule has 0 atom stereocenters. The third-order valence-corrected chi connectivity index (χ3v) is 2.25. The summed E-state index contributed by atoms with van der Waals surface area (Å²) in [6, 6.07) is 3.12. The zero-order chi connectivity index (χ0) is 11.8. The molecule has 4 heteroatoms. The lowest BCUT2D eigenvalue weighted by atomic mass is 10.2. The van der Waals surface area contributed by atoms with E-state index in [9.17, 15) is 4.79 Å². The highest BCUT2D eigenvalue weighted by Crippen LogP contribution is 2.06. The summed E-state index contributed by atoms with van der Waals surface area (Å²) in [6.07, 6.45) is 5.88. The Morgan fingerprint density at radius 2 is 2.25 bits per heavy atom. The van der Waals surface area contributed by atoms with Gasteiger partial charge in [0.05, 0.1) is 12.2 Å². The molecule has 0 aliphatic rings. The third kappa shape index (κ3) is 4.29. The van der Waals surface area contributed by atoms with Crippen molar-refractivity contribution >= 4 is 11.8 Å². The Morgan fingerprint density at radius 3 is 2.94 bits per heavy atom. The molecule has 0 aromatic carbocycles. The van der Waals surface area contributed by atoms with Gasteiger partial charge in [0.2, 0.25) is 0 Å². The monoisotopic (exact) mass is 222 g/mol. The van der Waals surface area contributed by atoms with Gasteiger partial charge in [-0.1, -0.05) is 26.2 Å². The van der Waals surface area contributed by atoms with Crippen LogP contribution in [0.25, 0.3) is 0 Å². The van der Waals surface area contributed by atoms with Crippen LogP contribution in [-0.4, -0.2) is 17.6 Å². The van der Waals surface area contributed by atoms with Crippen LogP contribution in [0.2, 0.25) is 0 Å². The minimum atomic E-state index is -0.328. The lowest BCUT2D eigenvalue weighted by molar-refractivity contribution is 0.0498. The summed E-state index contributed by atoms with van der Waals surface area (Å²) in [5, 5.41) is 0. The number of anilines is 1. The van der Waals surface area contributed by atoms with Crippen LogP contribution in [-0.2, 0) is 4.74 Å². The van der Waals surface area contributed by atoms with Crippen molar-refractivity contribution in [2.75, 3.05) is 12.3 Å². The van der Waals surface area contributed by atoms with E-state index in [0.717, 1.165) is 12.8 Å². The van der Waals surface area contributed by atoms with Crippen LogP contribution in [0.15, 0.2) is 18.3 Å². The Labute approximate surface area is 95.8 Å². The zero-order valence-electron chi connectivity index (χ0n) is 9.61. The van der Waals surface area contributed by atoms with Crippen LogP contribution in [0.4, 0.5) is 5.82 Å². The molecule has 0 aliphatic heterocycles. The van der Waals surface area contributed by atoms with Crippen molar-refractivity contribution in [3.63, 3.8) is 0 Å². The van der Waals surface area contributed by atoms with Gasteiger partial charge in [-0.2, -0.15) is 0 Å². The highest BCUT2D eigenvalue weighted by atomic mass is 16.5. The van der Waals surface area contributed by atoms with E-state index in [1.54, 1.807) is 6.07 Å². The first-order valence-electron chi connectivity index (χ1n) is 5.62. The van der Waals surface area contributed by atoms with E-state index in [0.29, 0.717) is 18.0 Å². The van der Waals surface area contributed by atoms with Crippen molar-refractivity contribution in [1.82, 2.24) is 4.98 Å². The number of aromatic nitrogens is 1. The molecule has 0 bridgehead atoms. The number of nitrogen functional groups attached to an aromatic ring is 1. The molecule has 1 aromatic rings. The third-order valence-electron chi connectivity index (χ3n) is 2.25. The number of rotatable bonds is 6. The first-order valence-corrected chi connectivity index (χ1v) is 5.62. The topological polar surface area (TPSA) is 65.2 Å². The van der Waals surface area contributed by atoms with Gasteiger partial charge in [-0.05, 0) is 18.6 Å². The number of unbranched alkanes of at least 4 members (excludes halogenated alkanes) is 3. The van der Waals surface area contributed by atoms with Gasteiger partial charge in [0, 0.05) is 6.20 Å². The average Bonchev–Trinajstić information content (AvgIpc) is 2.28. The van der Waals surface area contributed by atoms with Crippen molar-refractivity contribution in [1.29, 1.82) is 0 Å². The van der Waals surface area contributed by atoms with Crippen molar-refractivity contribution in [2.24, 2.45) is 0 Å². The average molecular weight is 222 g/mol. The van der Waals surface area contributed by atoms with E-state index in [1.165, 1.54) is 25.1 Å². The van der Waals surface area contributed by atoms with Crippen LogP contribution in [0.1, 0.15) is 43.0 Å². The minimum absolute atomic E-state index is 0.328. The SMILES string of the molecule is CCCCCCOC(=O)c1ccnc(N)c1. The maximum absolute atomic E-state index is 11.5. The second kappa shape index (κ2) is 6.82. The van der Waals surface area contributed by atoms with Crippen molar-refractivity contribution in [3.8, 4) is 0 Å². The first kappa shape index (κ1) is 12.5. The fourth-order valence-electron chi connectivity index (χ4n) is 1.35. The number of ether oxygens (including phenoxy) is 1. The quantitative estimate of drug-likeness (QED) is 0.593. The van der Waals surface area contributed by atoms with Crippen LogP contribution in [0.5, 0.6) is 0 Å². The van der Waals surface area contributed by atoms with E-state index < -0.39 is 0 Å². The number of nitrogens with two attached hydrogens (primary N) is 1. The van der Waals surface area contributed by atoms with Crippen molar-refractivity contribution < 1.29 is 9.53 Å². The molecule has 0 amide bonds. The Morgan fingerprint density at radius 1 is 1.44 bits per heavy atom. The van der Waals surface area contributed by atoms with E-state index in [2.05, 4.69) is 11.9 Å². The molecule has 2 N–H and O–H groups in total. The first-order chi connectivity index (χ1) is 7.74. The summed E-state index contributed by atoms with van der Waals surface area (Å²) < 4.78 is 5.11. The Bertz CT molecular complexity index is 340. The van der Waals surface area contributed by atoms with Crippen LogP contribution in [0, 0.1) is 0 Å². The number of hydrogen-bond acceptors (Lipinski definition) is 4. The summed E-state index contributed by atoms with van der Waals surface area (Å²) >= 11 is 0. The number of hydrogen-bond donors (Lipinski definition) is 1. The highest BCUT2D eigenvalue weighted by molar-refractivity contribution is 5.89. The fraction of sp³-hybridized carbons (Fsp3) is 0.500. The summed E-state index contributed by atoms with van der Waals surface area (Å²) in [5.41, 5.74) is 5.93. The van der Waals surface area contributed by atoms with Gasteiger partial charge in [-0.3, -0.25) is 0 Å². The number of carbonyl (C=O) groups is 1. The predicted octanol–water partition coefficient (Wildman–Crippen LogP) is 2.40. The predicted molar refractivity (Wildman–Crippen MR) is 63.1 cm³/mol. The maximum Gasteiger partial charge on any atom is 0.338 e. The van der Waals surface area contributed by atoms with E-state index in [4.69, 9.17) is 10.5 Å². The second-order valence-corrected chi connectivity index (χ2v) is 3.67. The number of pyridine rings is 1. The Hall–Kier alpha value is -1.58. The Balaban J connectivity index is 2.30. The second-order valence-electron chi connectivity index (χ2n) is 3.67. The Kier molecular flexibility index (Phi) is 5.32. The molecular weight excluding hydrogens is 204 g/mol. The molecular formula is C12H18N2O2. The van der Waals surface area contributed by atoms with Crippen LogP contribution < -0.4 is 5.73 Å². The van der Waals surface area contributed by atoms with Gasteiger partial charge in [0.25, 0.3) is 0 Å². The molecule has 1 aromatic heterocycles. The van der Waals surface area contributed by atoms with Gasteiger partial charge >= 0.3 is 5.97 Å². The van der Waals surface area contributed by atoms with Crippen LogP contribution >= 0.6 is 0 Å². The molecule has 0 aliphatic carbocycles. The fourth-order valence-corrected chi connectivity index (χ4v) is 1.35. The lowest BCUT2D eigenvalue weighted by Crippen LogP contribution is -2.07.